The molecular formula is C44H50N2O6S. The summed E-state index contributed by atoms with van der Waals surface area (Å²) in [4.78, 5) is 15.2. The third kappa shape index (κ3) is 8.49. The Morgan fingerprint density at radius 2 is 1.13 bits per heavy atom. The smallest absolute Gasteiger partial charge is 0.346 e. The number of ether oxygens (including phenoxy) is 4. The molecule has 3 aromatic carbocycles. The van der Waals surface area contributed by atoms with Gasteiger partial charge in [-0.1, -0.05) is 65.5 Å². The molecule has 0 atom stereocenters. The quantitative estimate of drug-likeness (QED) is 0.0796. The molecule has 8 nitrogen and oxygen atoms in total. The van der Waals surface area contributed by atoms with Gasteiger partial charge in [0.1, 0.15) is 11.6 Å². The first-order valence-corrected chi connectivity index (χ1v) is 20.0. The molecule has 4 aromatic rings. The minimum Gasteiger partial charge on any atom is -0.477 e. The van der Waals surface area contributed by atoms with Crippen LogP contribution in [-0.4, -0.2) is 22.7 Å². The maximum Gasteiger partial charge on any atom is 0.346 e. The number of unbranched alkanes of at least 4 members (excludes halogenated alkanes) is 4. The largest absolute Gasteiger partial charge is 0.477 e. The number of nitrogens with zero attached hydrogens (tertiary/aromatic N) is 2. The number of aliphatic carboxylic acids is 1. The number of carboxylic acids is 1. The molecule has 0 amide bonds. The molecule has 0 bridgehead atoms. The van der Waals surface area contributed by atoms with Gasteiger partial charge in [-0.25, -0.2) is 4.79 Å². The van der Waals surface area contributed by atoms with Crippen LogP contribution in [0.25, 0.3) is 16.5 Å². The molecule has 0 unspecified atom stereocenters. The first-order valence-electron chi connectivity index (χ1n) is 19.1. The number of hydrogen-bond acceptors (Lipinski definition) is 8. The van der Waals surface area contributed by atoms with E-state index >= 15 is 0 Å². The van der Waals surface area contributed by atoms with Crippen molar-refractivity contribution in [3.05, 3.63) is 83.2 Å². The molecule has 0 saturated carbocycles. The van der Waals surface area contributed by atoms with Crippen molar-refractivity contribution in [2.24, 2.45) is 0 Å². The van der Waals surface area contributed by atoms with Gasteiger partial charge in [0.15, 0.2) is 23.0 Å². The van der Waals surface area contributed by atoms with Crippen molar-refractivity contribution < 1.29 is 28.8 Å². The normalized spacial score (nSPS) is 15.0. The van der Waals surface area contributed by atoms with Gasteiger partial charge in [-0.05, 0) is 85.9 Å². The molecule has 2 aliphatic rings. The number of nitriles is 1. The Morgan fingerprint density at radius 3 is 1.57 bits per heavy atom. The Bertz CT molecular complexity index is 1860. The SMILES string of the molecule is CCCCC1(CCCC)Oc2ccc(N(c3ccc(-c4ccc(/C=C(\C#N)C(=O)O)s4)cc3)c3ccc4c(c3)OC(CCCC)(CCCC)O4)cc2O1. The predicted molar refractivity (Wildman–Crippen MR) is 212 cm³/mol. The Morgan fingerprint density at radius 1 is 0.679 bits per heavy atom. The zero-order valence-corrected chi connectivity index (χ0v) is 32.1. The summed E-state index contributed by atoms with van der Waals surface area (Å²) in [6.07, 6.45) is 13.2. The number of hydrogen-bond donors (Lipinski definition) is 1. The molecule has 2 aliphatic heterocycles. The van der Waals surface area contributed by atoms with Crippen LogP contribution in [0.2, 0.25) is 0 Å². The van der Waals surface area contributed by atoms with E-state index in [2.05, 4.69) is 81.1 Å². The molecule has 0 spiro atoms. The zero-order valence-electron chi connectivity index (χ0n) is 31.3. The van der Waals surface area contributed by atoms with Gasteiger partial charge in [0.05, 0.1) is 11.4 Å². The minimum atomic E-state index is -1.24. The average Bonchev–Trinajstić information content (AvgIpc) is 3.89. The summed E-state index contributed by atoms with van der Waals surface area (Å²) in [6.45, 7) is 8.77. The van der Waals surface area contributed by atoms with Gasteiger partial charge in [-0.3, -0.25) is 0 Å². The molecular weight excluding hydrogens is 685 g/mol. The second-order valence-electron chi connectivity index (χ2n) is 14.0. The molecule has 0 saturated heterocycles. The molecule has 278 valence electrons. The fourth-order valence-electron chi connectivity index (χ4n) is 6.98. The van der Waals surface area contributed by atoms with Crippen LogP contribution in [0, 0.1) is 11.3 Å². The van der Waals surface area contributed by atoms with Crippen LogP contribution in [-0.2, 0) is 4.79 Å². The summed E-state index contributed by atoms with van der Waals surface area (Å²) in [6, 6.07) is 26.2. The van der Waals surface area contributed by atoms with Crippen LogP contribution in [0.5, 0.6) is 23.0 Å². The highest BCUT2D eigenvalue weighted by Gasteiger charge is 2.42. The fourth-order valence-corrected chi connectivity index (χ4v) is 7.93. The zero-order chi connectivity index (χ0) is 37.4. The lowest BCUT2D eigenvalue weighted by atomic mass is 10.0. The van der Waals surface area contributed by atoms with Gasteiger partial charge in [0, 0.05) is 53.3 Å². The van der Waals surface area contributed by atoms with E-state index in [4.69, 9.17) is 18.9 Å². The Hall–Kier alpha value is -4.94. The van der Waals surface area contributed by atoms with E-state index in [1.54, 1.807) is 6.07 Å². The first kappa shape index (κ1) is 37.8. The van der Waals surface area contributed by atoms with Crippen LogP contribution in [0.1, 0.15) is 110 Å². The highest BCUT2D eigenvalue weighted by Crippen LogP contribution is 2.50. The molecule has 1 aromatic heterocycles. The fraction of sp³-hybridized carbons (Fsp3) is 0.409. The summed E-state index contributed by atoms with van der Waals surface area (Å²) >= 11 is 1.44. The number of fused-ring (bicyclic) bond motifs is 2. The number of benzene rings is 3. The number of rotatable bonds is 18. The molecule has 3 heterocycles. The van der Waals surface area contributed by atoms with Crippen molar-refractivity contribution in [3.8, 4) is 39.5 Å². The van der Waals surface area contributed by atoms with Gasteiger partial charge in [0.2, 0.25) is 0 Å². The minimum absolute atomic E-state index is 0.294. The molecule has 53 heavy (non-hydrogen) atoms. The summed E-state index contributed by atoms with van der Waals surface area (Å²) < 4.78 is 26.6. The van der Waals surface area contributed by atoms with Crippen molar-refractivity contribution in [3.63, 3.8) is 0 Å². The Labute approximate surface area is 317 Å². The number of carbonyl (C=O) groups is 1. The van der Waals surface area contributed by atoms with Gasteiger partial charge in [-0.15, -0.1) is 11.3 Å². The van der Waals surface area contributed by atoms with E-state index in [0.717, 1.165) is 128 Å². The van der Waals surface area contributed by atoms with Gasteiger partial charge in [-0.2, -0.15) is 5.26 Å². The Balaban J connectivity index is 1.36. The molecule has 0 fully saturated rings. The third-order valence-electron chi connectivity index (χ3n) is 9.87. The summed E-state index contributed by atoms with van der Waals surface area (Å²) in [7, 11) is 0. The van der Waals surface area contributed by atoms with Crippen molar-refractivity contribution in [1.29, 1.82) is 5.26 Å². The maximum absolute atomic E-state index is 11.4. The molecule has 6 rings (SSSR count). The summed E-state index contributed by atoms with van der Waals surface area (Å²) in [5.74, 6) is 0.489. The van der Waals surface area contributed by atoms with Crippen molar-refractivity contribution in [2.75, 3.05) is 4.90 Å². The average molecular weight is 735 g/mol. The number of thiophene rings is 1. The van der Waals surface area contributed by atoms with Crippen molar-refractivity contribution >= 4 is 40.4 Å². The van der Waals surface area contributed by atoms with E-state index in [9.17, 15) is 15.2 Å². The van der Waals surface area contributed by atoms with Crippen LogP contribution >= 0.6 is 11.3 Å². The van der Waals surface area contributed by atoms with Crippen LogP contribution in [0.15, 0.2) is 78.4 Å². The molecule has 9 heteroatoms. The van der Waals surface area contributed by atoms with Gasteiger partial charge < -0.3 is 29.0 Å². The van der Waals surface area contributed by atoms with Gasteiger partial charge in [0.25, 0.3) is 11.6 Å². The summed E-state index contributed by atoms with van der Waals surface area (Å²) in [5, 5.41) is 18.5. The van der Waals surface area contributed by atoms with Gasteiger partial charge >= 0.3 is 5.97 Å². The van der Waals surface area contributed by atoms with Crippen molar-refractivity contribution in [2.45, 2.75) is 116 Å². The highest BCUT2D eigenvalue weighted by atomic mass is 32.1. The third-order valence-corrected chi connectivity index (χ3v) is 11.0. The van der Waals surface area contributed by atoms with Crippen LogP contribution in [0.3, 0.4) is 0 Å². The second-order valence-corrected chi connectivity index (χ2v) is 15.1. The number of anilines is 3. The van der Waals surface area contributed by atoms with Crippen molar-refractivity contribution in [1.82, 2.24) is 0 Å². The molecule has 0 radical (unpaired) electrons. The Kier molecular flexibility index (Phi) is 12.0. The lowest BCUT2D eigenvalue weighted by Crippen LogP contribution is -2.38. The van der Waals surface area contributed by atoms with E-state index < -0.39 is 17.5 Å². The topological polar surface area (TPSA) is 101 Å². The maximum atomic E-state index is 11.4. The summed E-state index contributed by atoms with van der Waals surface area (Å²) in [5.41, 5.74) is 3.47. The predicted octanol–water partition coefficient (Wildman–Crippen LogP) is 12.6. The number of carboxylic acid groups (broad SMARTS) is 1. The van der Waals surface area contributed by atoms with Crippen LogP contribution in [0.4, 0.5) is 17.1 Å². The van der Waals surface area contributed by atoms with E-state index in [1.807, 2.05) is 24.3 Å². The highest BCUT2D eigenvalue weighted by molar-refractivity contribution is 7.16. The first-order chi connectivity index (χ1) is 25.7. The van der Waals surface area contributed by atoms with E-state index in [0.29, 0.717) is 4.88 Å². The lowest BCUT2D eigenvalue weighted by Gasteiger charge is -2.28. The second kappa shape index (κ2) is 16.8. The monoisotopic (exact) mass is 734 g/mol. The molecule has 0 aliphatic carbocycles. The standard InChI is InChI=1S/C44H50N2O6S/c1-5-9-23-43(24-10-6-2)49-37-20-17-34(28-39(37)51-43)46(35-18-21-38-40(29-35)52-44(50-38,25-11-7-3)26-12-8-4)33-15-13-31(14-16-33)41-22-19-36(53-41)27-32(30-45)42(47)48/h13-22,27-29H,5-12,23-26H2,1-4H3,(H,47,48)/b32-27+. The molecule has 1 N–H and O–H groups in total. The lowest BCUT2D eigenvalue weighted by molar-refractivity contribution is -0.132. The van der Waals surface area contributed by atoms with E-state index in [1.165, 1.54) is 17.4 Å². The van der Waals surface area contributed by atoms with E-state index in [-0.39, 0.29) is 5.57 Å². The van der Waals surface area contributed by atoms with Crippen LogP contribution < -0.4 is 23.8 Å².